The summed E-state index contributed by atoms with van der Waals surface area (Å²) in [6.45, 7) is 6.98. The molecule has 0 aliphatic rings. The Morgan fingerprint density at radius 2 is 2.11 bits per heavy atom. The first kappa shape index (κ1) is 16.3. The van der Waals surface area contributed by atoms with E-state index in [1.807, 2.05) is 24.5 Å². The van der Waals surface area contributed by atoms with E-state index in [9.17, 15) is 5.11 Å². The fraction of sp³-hybridized carbons (Fsp3) is 0.500. The van der Waals surface area contributed by atoms with Gasteiger partial charge in [-0.2, -0.15) is 0 Å². The molecule has 0 spiro atoms. The van der Waals surface area contributed by atoms with E-state index >= 15 is 0 Å². The molecule has 0 atom stereocenters. The third kappa shape index (κ3) is 4.37. The van der Waals surface area contributed by atoms with Crippen LogP contribution in [-0.4, -0.2) is 35.0 Å². The number of hydrogen-bond acceptors (Lipinski definition) is 4. The van der Waals surface area contributed by atoms with Crippen LogP contribution in [0.25, 0.3) is 0 Å². The van der Waals surface area contributed by atoms with Crippen LogP contribution < -0.4 is 10.6 Å². The van der Waals surface area contributed by atoms with Gasteiger partial charge in [0, 0.05) is 29.2 Å². The summed E-state index contributed by atoms with van der Waals surface area (Å²) in [4.78, 5) is 3.57. The van der Waals surface area contributed by atoms with Crippen molar-refractivity contribution in [1.82, 2.24) is 0 Å². The molecule has 19 heavy (non-hydrogen) atoms. The van der Waals surface area contributed by atoms with Gasteiger partial charge in [0.1, 0.15) is 4.99 Å². The van der Waals surface area contributed by atoms with Gasteiger partial charge in [-0.1, -0.05) is 18.3 Å². The lowest BCUT2D eigenvalue weighted by atomic mass is 10.1. The van der Waals surface area contributed by atoms with Crippen molar-refractivity contribution in [3.8, 4) is 0 Å². The molecule has 0 heterocycles. The highest BCUT2D eigenvalue weighted by atomic mass is 32.2. The fourth-order valence-corrected chi connectivity index (χ4v) is 2.95. The van der Waals surface area contributed by atoms with Crippen LogP contribution in [0.5, 0.6) is 0 Å². The van der Waals surface area contributed by atoms with Crippen molar-refractivity contribution >= 4 is 34.7 Å². The molecule has 0 amide bonds. The lowest BCUT2D eigenvalue weighted by Crippen LogP contribution is -2.39. The Morgan fingerprint density at radius 1 is 1.47 bits per heavy atom. The van der Waals surface area contributed by atoms with Crippen LogP contribution in [0.3, 0.4) is 0 Å². The Hall–Kier alpha value is -0.780. The number of rotatable bonds is 6. The van der Waals surface area contributed by atoms with Gasteiger partial charge in [-0.25, -0.2) is 0 Å². The van der Waals surface area contributed by atoms with Gasteiger partial charge in [-0.05, 0) is 39.2 Å². The van der Waals surface area contributed by atoms with Crippen molar-refractivity contribution in [3.63, 3.8) is 0 Å². The second-order valence-electron chi connectivity index (χ2n) is 5.05. The number of hydrogen-bond donors (Lipinski definition) is 2. The van der Waals surface area contributed by atoms with Crippen molar-refractivity contribution < 1.29 is 5.11 Å². The van der Waals surface area contributed by atoms with Crippen LogP contribution in [0.2, 0.25) is 0 Å². The molecule has 1 rings (SSSR count). The molecule has 0 fully saturated rings. The Balaban J connectivity index is 3.27. The molecule has 0 aliphatic carbocycles. The van der Waals surface area contributed by atoms with E-state index < -0.39 is 5.60 Å². The predicted octanol–water partition coefficient (Wildman–Crippen LogP) is 2.64. The van der Waals surface area contributed by atoms with Gasteiger partial charge >= 0.3 is 0 Å². The number of thioether (sulfide) groups is 1. The molecule has 0 saturated carbocycles. The van der Waals surface area contributed by atoms with E-state index in [1.54, 1.807) is 25.6 Å². The Kier molecular flexibility index (Phi) is 5.64. The molecule has 0 aliphatic heterocycles. The van der Waals surface area contributed by atoms with Crippen LogP contribution in [-0.2, 0) is 0 Å². The molecule has 1 aromatic carbocycles. The molecule has 106 valence electrons. The maximum Gasteiger partial charge on any atom is 0.107 e. The molecule has 3 N–H and O–H groups in total. The van der Waals surface area contributed by atoms with Crippen LogP contribution in [0.4, 0.5) is 5.69 Å². The SMILES string of the molecule is CCN(CC(C)(C)O)c1cccc(SC)c1C(N)=S. The van der Waals surface area contributed by atoms with Crippen LogP contribution in [0, 0.1) is 0 Å². The normalized spacial score (nSPS) is 11.4. The number of benzene rings is 1. The van der Waals surface area contributed by atoms with Crippen LogP contribution in [0.1, 0.15) is 26.3 Å². The summed E-state index contributed by atoms with van der Waals surface area (Å²) in [5.41, 5.74) is 7.00. The van der Waals surface area contributed by atoms with Gasteiger partial charge in [0.15, 0.2) is 0 Å². The van der Waals surface area contributed by atoms with Crippen molar-refractivity contribution in [3.05, 3.63) is 23.8 Å². The summed E-state index contributed by atoms with van der Waals surface area (Å²) in [7, 11) is 0. The molecule has 0 bridgehead atoms. The van der Waals surface area contributed by atoms with E-state index in [1.165, 1.54) is 0 Å². The second-order valence-corrected chi connectivity index (χ2v) is 6.33. The number of thiocarbonyl (C=S) groups is 1. The van der Waals surface area contributed by atoms with Crippen molar-refractivity contribution in [2.45, 2.75) is 31.3 Å². The summed E-state index contributed by atoms with van der Waals surface area (Å²) in [6.07, 6.45) is 2.01. The standard InChI is InChI=1S/C14H22N2OS2/c1-5-16(9-14(2,3)17)10-7-6-8-11(19-4)12(10)13(15)18/h6-8,17H,5,9H2,1-4H3,(H2,15,18). The summed E-state index contributed by atoms with van der Waals surface area (Å²) < 4.78 is 0. The van der Waals surface area contributed by atoms with E-state index in [-0.39, 0.29) is 0 Å². The van der Waals surface area contributed by atoms with Gasteiger partial charge in [-0.15, -0.1) is 11.8 Å². The zero-order valence-electron chi connectivity index (χ0n) is 11.9. The lowest BCUT2D eigenvalue weighted by Gasteiger charge is -2.31. The van der Waals surface area contributed by atoms with Gasteiger partial charge < -0.3 is 15.7 Å². The van der Waals surface area contributed by atoms with Gasteiger partial charge in [0.2, 0.25) is 0 Å². The number of likely N-dealkylation sites (N-methyl/N-ethyl adjacent to an activating group) is 1. The fourth-order valence-electron chi connectivity index (χ4n) is 2.04. The monoisotopic (exact) mass is 298 g/mol. The highest BCUT2D eigenvalue weighted by Gasteiger charge is 2.21. The highest BCUT2D eigenvalue weighted by molar-refractivity contribution is 7.98. The van der Waals surface area contributed by atoms with Gasteiger partial charge in [-0.3, -0.25) is 0 Å². The van der Waals surface area contributed by atoms with Crippen molar-refractivity contribution in [2.24, 2.45) is 5.73 Å². The average molecular weight is 298 g/mol. The second kappa shape index (κ2) is 6.59. The Morgan fingerprint density at radius 3 is 2.53 bits per heavy atom. The Bertz CT molecular complexity index is 455. The van der Waals surface area contributed by atoms with Crippen LogP contribution >= 0.6 is 24.0 Å². The third-order valence-electron chi connectivity index (χ3n) is 2.77. The predicted molar refractivity (Wildman–Crippen MR) is 88.3 cm³/mol. The zero-order chi connectivity index (χ0) is 14.6. The number of nitrogens with zero attached hydrogens (tertiary/aromatic N) is 1. The van der Waals surface area contributed by atoms with Gasteiger partial charge in [0.25, 0.3) is 0 Å². The van der Waals surface area contributed by atoms with E-state index in [0.29, 0.717) is 11.5 Å². The minimum Gasteiger partial charge on any atom is -0.389 e. The maximum atomic E-state index is 10.0. The first-order chi connectivity index (χ1) is 8.80. The van der Waals surface area contributed by atoms with Crippen LogP contribution in [0.15, 0.2) is 23.1 Å². The van der Waals surface area contributed by atoms with Gasteiger partial charge in [0.05, 0.1) is 5.60 Å². The van der Waals surface area contributed by atoms with E-state index in [0.717, 1.165) is 22.7 Å². The molecule has 0 unspecified atom stereocenters. The molecule has 0 radical (unpaired) electrons. The summed E-state index contributed by atoms with van der Waals surface area (Å²) >= 11 is 6.81. The molecule has 5 heteroatoms. The van der Waals surface area contributed by atoms with Crippen molar-refractivity contribution in [2.75, 3.05) is 24.2 Å². The number of aliphatic hydroxyl groups is 1. The molecule has 1 aromatic rings. The highest BCUT2D eigenvalue weighted by Crippen LogP contribution is 2.30. The van der Waals surface area contributed by atoms with E-state index in [4.69, 9.17) is 18.0 Å². The molecular formula is C14H22N2OS2. The molecule has 3 nitrogen and oxygen atoms in total. The number of nitrogens with two attached hydrogens (primary N) is 1. The third-order valence-corrected chi connectivity index (χ3v) is 3.75. The zero-order valence-corrected chi connectivity index (χ0v) is 13.6. The molecular weight excluding hydrogens is 276 g/mol. The maximum absolute atomic E-state index is 10.0. The largest absolute Gasteiger partial charge is 0.389 e. The molecule has 0 saturated heterocycles. The summed E-state index contributed by atoms with van der Waals surface area (Å²) in [6, 6.07) is 6.01. The first-order valence-corrected chi connectivity index (χ1v) is 7.87. The Labute approximate surface area is 125 Å². The topological polar surface area (TPSA) is 49.5 Å². The summed E-state index contributed by atoms with van der Waals surface area (Å²) in [5, 5.41) is 10.0. The first-order valence-electron chi connectivity index (χ1n) is 6.24. The minimum absolute atomic E-state index is 0.397. The lowest BCUT2D eigenvalue weighted by molar-refractivity contribution is 0.0876. The molecule has 0 aromatic heterocycles. The smallest absolute Gasteiger partial charge is 0.107 e. The van der Waals surface area contributed by atoms with Crippen molar-refractivity contribution in [1.29, 1.82) is 0 Å². The summed E-state index contributed by atoms with van der Waals surface area (Å²) in [5.74, 6) is 0. The number of anilines is 1. The minimum atomic E-state index is -0.765. The average Bonchev–Trinajstić information content (AvgIpc) is 2.33. The van der Waals surface area contributed by atoms with E-state index in [2.05, 4.69) is 11.8 Å². The quantitative estimate of drug-likeness (QED) is 0.624.